The first-order valence-corrected chi connectivity index (χ1v) is 9.58. The maximum atomic E-state index is 11.6. The van der Waals surface area contributed by atoms with Crippen molar-refractivity contribution >= 4 is 87.6 Å². The Morgan fingerprint density at radius 2 is 1.76 bits per heavy atom. The van der Waals surface area contributed by atoms with Gasteiger partial charge < -0.3 is 10.2 Å². The van der Waals surface area contributed by atoms with E-state index in [-0.39, 0.29) is 59.7 Å². The molecule has 146 valence electrons. The van der Waals surface area contributed by atoms with E-state index in [4.69, 9.17) is 11.6 Å². The molecule has 0 atom stereocenters. The summed E-state index contributed by atoms with van der Waals surface area (Å²) < 4.78 is 32.6. The van der Waals surface area contributed by atoms with Gasteiger partial charge in [-0.1, -0.05) is 35.9 Å². The second kappa shape index (κ2) is 8.95. The van der Waals surface area contributed by atoms with Crippen molar-refractivity contribution in [2.75, 3.05) is 0 Å². The van der Waals surface area contributed by atoms with Crippen LogP contribution in [0.25, 0.3) is 10.8 Å². The molecule has 0 fully saturated rings. The molecule has 3 N–H and O–H groups in total. The molecule has 8 nitrogen and oxygen atoms in total. The number of carboxylic acid groups (broad SMARTS) is 1. The molecule has 0 bridgehead atoms. The number of carboxylic acids is 1. The van der Waals surface area contributed by atoms with E-state index < -0.39 is 26.7 Å². The zero-order valence-corrected chi connectivity index (χ0v) is 18.8. The Labute approximate surface area is 200 Å². The Morgan fingerprint density at radius 3 is 2.38 bits per heavy atom. The van der Waals surface area contributed by atoms with E-state index in [1.807, 2.05) is 0 Å². The molecule has 3 aromatic carbocycles. The number of aromatic hydroxyl groups is 1. The van der Waals surface area contributed by atoms with Crippen molar-refractivity contribution in [2.45, 2.75) is 11.8 Å². The Bertz CT molecular complexity index is 1260. The number of azo groups is 1. The fourth-order valence-corrected chi connectivity index (χ4v) is 3.48. The van der Waals surface area contributed by atoms with Crippen molar-refractivity contribution in [1.82, 2.24) is 0 Å². The largest absolute Gasteiger partial charge is 0.505 e. The molecular formula is C18H13CaClN2O6S. The normalized spacial score (nSPS) is 11.6. The third-order valence-electron chi connectivity index (χ3n) is 4.00. The van der Waals surface area contributed by atoms with Crippen LogP contribution in [0.15, 0.2) is 57.6 Å². The summed E-state index contributed by atoms with van der Waals surface area (Å²) in [5, 5.41) is 28.4. The Kier molecular flexibility index (Phi) is 7.26. The van der Waals surface area contributed by atoms with Crippen molar-refractivity contribution in [3.63, 3.8) is 0 Å². The first-order chi connectivity index (χ1) is 13.1. The number of hydrogen-bond acceptors (Lipinski definition) is 6. The maximum Gasteiger partial charge on any atom is 0.339 e. The van der Waals surface area contributed by atoms with E-state index in [2.05, 4.69) is 10.2 Å². The molecule has 0 amide bonds. The average Bonchev–Trinajstić information content (AvgIpc) is 2.61. The molecule has 0 aliphatic heterocycles. The van der Waals surface area contributed by atoms with Crippen LogP contribution in [0.4, 0.5) is 11.4 Å². The van der Waals surface area contributed by atoms with Crippen LogP contribution in [0.2, 0.25) is 5.02 Å². The third-order valence-corrected chi connectivity index (χ3v) is 5.29. The number of benzene rings is 3. The predicted molar refractivity (Wildman–Crippen MR) is 109 cm³/mol. The topological polar surface area (TPSA) is 137 Å². The molecular weight excluding hydrogens is 448 g/mol. The Hall–Kier alpha value is -1.75. The fraction of sp³-hybridized carbons (Fsp3) is 0.0556. The summed E-state index contributed by atoms with van der Waals surface area (Å²) in [6, 6.07) is 10.2. The minimum atomic E-state index is -4.65. The molecule has 0 spiro atoms. The maximum absolute atomic E-state index is 11.6. The van der Waals surface area contributed by atoms with Crippen molar-refractivity contribution in [2.24, 2.45) is 10.2 Å². The molecule has 0 heterocycles. The van der Waals surface area contributed by atoms with Gasteiger partial charge in [-0.05, 0) is 36.1 Å². The number of rotatable bonds is 4. The second-order valence-corrected chi connectivity index (χ2v) is 7.69. The standard InChI is InChI=1S/C18H13ClN2O6S.Ca/c1-9-6-14(15(8-13(9)19)28(25,26)27)20-21-16-11-5-3-2-4-10(11)7-12(17(16)22)18(23)24;/h2-8,22H,1H3,(H,23,24)(H,25,26,27);. The predicted octanol–water partition coefficient (Wildman–Crippen LogP) is 4.49. The molecule has 0 aliphatic carbocycles. The van der Waals surface area contributed by atoms with Gasteiger partial charge in [0, 0.05) is 48.1 Å². The van der Waals surface area contributed by atoms with Gasteiger partial charge in [0.2, 0.25) is 0 Å². The molecule has 0 saturated heterocycles. The molecule has 29 heavy (non-hydrogen) atoms. The summed E-state index contributed by atoms with van der Waals surface area (Å²) >= 11 is 5.91. The van der Waals surface area contributed by atoms with Crippen LogP contribution in [0.5, 0.6) is 5.75 Å². The van der Waals surface area contributed by atoms with E-state index >= 15 is 0 Å². The van der Waals surface area contributed by atoms with Crippen LogP contribution < -0.4 is 0 Å². The van der Waals surface area contributed by atoms with Gasteiger partial charge >= 0.3 is 5.97 Å². The number of hydrogen-bond donors (Lipinski definition) is 3. The van der Waals surface area contributed by atoms with Crippen LogP contribution >= 0.6 is 11.6 Å². The summed E-state index contributed by atoms with van der Waals surface area (Å²) in [7, 11) is -4.65. The smallest absolute Gasteiger partial charge is 0.339 e. The molecule has 0 aliphatic rings. The van der Waals surface area contributed by atoms with Crippen LogP contribution in [-0.4, -0.2) is 66.9 Å². The number of carbonyl (C=O) groups is 1. The first kappa shape index (κ1) is 23.5. The summed E-state index contributed by atoms with van der Waals surface area (Å²) in [4.78, 5) is 10.8. The molecule has 0 saturated carbocycles. The van der Waals surface area contributed by atoms with Gasteiger partial charge in [-0.2, -0.15) is 8.42 Å². The quantitative estimate of drug-likeness (QED) is 0.298. The minimum absolute atomic E-state index is 0. The van der Waals surface area contributed by atoms with Gasteiger partial charge in [-0.25, -0.2) is 4.79 Å². The Balaban J connectivity index is 0.00000300. The van der Waals surface area contributed by atoms with Gasteiger partial charge in [0.05, 0.1) is 0 Å². The van der Waals surface area contributed by atoms with Crippen LogP contribution in [-0.2, 0) is 10.1 Å². The second-order valence-electron chi connectivity index (χ2n) is 5.89. The van der Waals surface area contributed by atoms with Crippen molar-refractivity contribution in [1.29, 1.82) is 0 Å². The number of aryl methyl sites for hydroxylation is 1. The van der Waals surface area contributed by atoms with Crippen LogP contribution in [0.3, 0.4) is 0 Å². The van der Waals surface area contributed by atoms with Gasteiger partial charge in [-0.15, -0.1) is 10.2 Å². The Morgan fingerprint density at radius 1 is 1.10 bits per heavy atom. The number of aromatic carboxylic acids is 1. The van der Waals surface area contributed by atoms with Crippen LogP contribution in [0, 0.1) is 6.92 Å². The van der Waals surface area contributed by atoms with E-state index in [0.717, 1.165) is 6.07 Å². The average molecular weight is 461 g/mol. The zero-order valence-electron chi connectivity index (χ0n) is 15.0. The number of nitrogens with zero attached hydrogens (tertiary/aromatic N) is 2. The van der Waals surface area contributed by atoms with Gasteiger partial charge in [0.25, 0.3) is 10.1 Å². The summed E-state index contributed by atoms with van der Waals surface area (Å²) in [5.41, 5.74) is -0.260. The minimum Gasteiger partial charge on any atom is -0.505 e. The fourth-order valence-electron chi connectivity index (χ4n) is 2.62. The number of phenols is 1. The van der Waals surface area contributed by atoms with E-state index in [1.165, 1.54) is 12.1 Å². The van der Waals surface area contributed by atoms with Crippen LogP contribution in [0.1, 0.15) is 15.9 Å². The summed E-state index contributed by atoms with van der Waals surface area (Å²) in [5.74, 6) is -1.98. The van der Waals surface area contributed by atoms with Gasteiger partial charge in [-0.3, -0.25) is 4.55 Å². The number of halogens is 1. The monoisotopic (exact) mass is 460 g/mol. The van der Waals surface area contributed by atoms with Crippen molar-refractivity contribution in [3.8, 4) is 5.75 Å². The van der Waals surface area contributed by atoms with E-state index in [9.17, 15) is 28.0 Å². The van der Waals surface area contributed by atoms with Gasteiger partial charge in [0.1, 0.15) is 21.8 Å². The summed E-state index contributed by atoms with van der Waals surface area (Å²) in [6.07, 6.45) is 0. The molecule has 0 unspecified atom stereocenters. The molecule has 2 radical (unpaired) electrons. The molecule has 3 aromatic rings. The summed E-state index contributed by atoms with van der Waals surface area (Å²) in [6.45, 7) is 1.60. The first-order valence-electron chi connectivity index (χ1n) is 7.77. The number of fused-ring (bicyclic) bond motifs is 1. The molecule has 0 aromatic heterocycles. The molecule has 3 rings (SSSR count). The zero-order chi connectivity index (χ0) is 20.6. The van der Waals surface area contributed by atoms with Crippen molar-refractivity contribution in [3.05, 3.63) is 58.6 Å². The van der Waals surface area contributed by atoms with E-state index in [1.54, 1.807) is 31.2 Å². The SMILES string of the molecule is Cc1cc(N=Nc2c(O)c(C(=O)O)cc3ccccc23)c(S(=O)(=O)O)cc1Cl.[Ca]. The van der Waals surface area contributed by atoms with Gasteiger partial charge in [0.15, 0.2) is 5.75 Å². The van der Waals surface area contributed by atoms with Crippen molar-refractivity contribution < 1.29 is 28.0 Å². The third kappa shape index (κ3) is 4.88. The molecule has 11 heteroatoms. The van der Waals surface area contributed by atoms with E-state index in [0.29, 0.717) is 16.3 Å².